The lowest BCUT2D eigenvalue weighted by Gasteiger charge is -2.23. The molecule has 2 aromatic rings. The highest BCUT2D eigenvalue weighted by molar-refractivity contribution is 5.98. The second kappa shape index (κ2) is 8.02. The summed E-state index contributed by atoms with van der Waals surface area (Å²) >= 11 is 0. The van der Waals surface area contributed by atoms with Crippen molar-refractivity contribution in [1.29, 1.82) is 0 Å². The molecule has 1 aromatic heterocycles. The van der Waals surface area contributed by atoms with Crippen molar-refractivity contribution in [3.63, 3.8) is 0 Å². The largest absolute Gasteiger partial charge is 0.382 e. The Labute approximate surface area is 142 Å². The molecule has 0 aliphatic heterocycles. The number of carbonyl (C=O) groups is 1. The normalized spacial score (nSPS) is 16.7. The molecule has 0 bridgehead atoms. The molecule has 0 saturated heterocycles. The van der Waals surface area contributed by atoms with Crippen molar-refractivity contribution >= 4 is 11.7 Å². The Morgan fingerprint density at radius 1 is 1.25 bits per heavy atom. The van der Waals surface area contributed by atoms with Gasteiger partial charge in [0.1, 0.15) is 0 Å². The molecule has 5 heteroatoms. The topological polar surface area (TPSA) is 64.1 Å². The lowest BCUT2D eigenvalue weighted by molar-refractivity contribution is 0.0962. The van der Waals surface area contributed by atoms with Gasteiger partial charge in [0.15, 0.2) is 5.78 Å². The number of carbonyl (C=O) groups excluding carboxylic acids is 1. The quantitative estimate of drug-likeness (QED) is 0.792. The number of hydrogen-bond donors (Lipinski definition) is 1. The molecular weight excluding hydrogens is 302 g/mol. The molecule has 0 amide bonds. The van der Waals surface area contributed by atoms with E-state index < -0.39 is 0 Å². The number of ether oxygens (including phenoxy) is 1. The van der Waals surface area contributed by atoms with Crippen LogP contribution in [0.15, 0.2) is 36.5 Å². The average molecular weight is 325 g/mol. The summed E-state index contributed by atoms with van der Waals surface area (Å²) in [4.78, 5) is 21.2. The fourth-order valence-corrected chi connectivity index (χ4v) is 3.01. The maximum atomic E-state index is 12.4. The SMILES string of the molecule is CCOCCCNc1ncc2c(n1)C[C@H](c1ccccc1)CC2=O. The van der Waals surface area contributed by atoms with E-state index in [0.717, 1.165) is 38.3 Å². The predicted octanol–water partition coefficient (Wildman–Crippen LogP) is 3.23. The van der Waals surface area contributed by atoms with Gasteiger partial charge in [0.25, 0.3) is 0 Å². The zero-order chi connectivity index (χ0) is 16.8. The number of aromatic nitrogens is 2. The van der Waals surface area contributed by atoms with Crippen LogP contribution in [-0.2, 0) is 11.2 Å². The van der Waals surface area contributed by atoms with E-state index >= 15 is 0 Å². The van der Waals surface area contributed by atoms with Gasteiger partial charge in [0, 0.05) is 32.4 Å². The van der Waals surface area contributed by atoms with Gasteiger partial charge >= 0.3 is 0 Å². The van der Waals surface area contributed by atoms with Crippen LogP contribution in [0.2, 0.25) is 0 Å². The van der Waals surface area contributed by atoms with E-state index in [0.29, 0.717) is 17.9 Å². The maximum Gasteiger partial charge on any atom is 0.222 e. The number of Topliss-reactive ketones (excluding diaryl/α,β-unsaturated/α-hetero) is 1. The second-order valence-electron chi connectivity index (χ2n) is 5.97. The monoisotopic (exact) mass is 325 g/mol. The Bertz CT molecular complexity index is 688. The third kappa shape index (κ3) is 3.97. The van der Waals surface area contributed by atoms with Crippen LogP contribution in [0, 0.1) is 0 Å². The van der Waals surface area contributed by atoms with E-state index in [1.807, 2.05) is 25.1 Å². The van der Waals surface area contributed by atoms with Gasteiger partial charge < -0.3 is 10.1 Å². The second-order valence-corrected chi connectivity index (χ2v) is 5.97. The van der Waals surface area contributed by atoms with Crippen LogP contribution in [0.3, 0.4) is 0 Å². The summed E-state index contributed by atoms with van der Waals surface area (Å²) in [5, 5.41) is 3.21. The molecule has 5 nitrogen and oxygen atoms in total. The smallest absolute Gasteiger partial charge is 0.222 e. The highest BCUT2D eigenvalue weighted by atomic mass is 16.5. The summed E-state index contributed by atoms with van der Waals surface area (Å²) in [6, 6.07) is 10.2. The van der Waals surface area contributed by atoms with Crippen LogP contribution < -0.4 is 5.32 Å². The number of fused-ring (bicyclic) bond motifs is 1. The molecule has 0 radical (unpaired) electrons. The van der Waals surface area contributed by atoms with Gasteiger partial charge in [-0.1, -0.05) is 30.3 Å². The highest BCUT2D eigenvalue weighted by Gasteiger charge is 2.27. The van der Waals surface area contributed by atoms with Crippen LogP contribution >= 0.6 is 0 Å². The first kappa shape index (κ1) is 16.6. The summed E-state index contributed by atoms with van der Waals surface area (Å²) in [5.74, 6) is 0.923. The molecule has 0 fully saturated rings. The van der Waals surface area contributed by atoms with E-state index in [1.54, 1.807) is 6.20 Å². The number of nitrogens with zero attached hydrogens (tertiary/aromatic N) is 2. The number of hydrogen-bond acceptors (Lipinski definition) is 5. The number of ketones is 1. The third-order valence-electron chi connectivity index (χ3n) is 4.26. The predicted molar refractivity (Wildman–Crippen MR) is 93.5 cm³/mol. The molecule has 1 heterocycles. The molecule has 1 aromatic carbocycles. The van der Waals surface area contributed by atoms with Crippen LogP contribution in [0.4, 0.5) is 5.95 Å². The first-order valence-corrected chi connectivity index (χ1v) is 8.53. The molecule has 1 atom stereocenters. The van der Waals surface area contributed by atoms with Gasteiger partial charge in [-0.2, -0.15) is 0 Å². The summed E-state index contributed by atoms with van der Waals surface area (Å²) in [5.41, 5.74) is 2.71. The molecule has 1 aliphatic rings. The van der Waals surface area contributed by atoms with Crippen LogP contribution in [0.5, 0.6) is 0 Å². The summed E-state index contributed by atoms with van der Waals surface area (Å²) in [6.45, 7) is 4.20. The van der Waals surface area contributed by atoms with E-state index in [4.69, 9.17) is 4.74 Å². The number of rotatable bonds is 7. The summed E-state index contributed by atoms with van der Waals surface area (Å²) < 4.78 is 5.31. The van der Waals surface area contributed by atoms with Gasteiger partial charge in [-0.3, -0.25) is 4.79 Å². The Morgan fingerprint density at radius 2 is 2.08 bits per heavy atom. The van der Waals surface area contributed by atoms with Crippen LogP contribution in [0.25, 0.3) is 0 Å². The van der Waals surface area contributed by atoms with Gasteiger partial charge in [-0.25, -0.2) is 9.97 Å². The Kier molecular flexibility index (Phi) is 5.54. The molecular formula is C19H23N3O2. The fourth-order valence-electron chi connectivity index (χ4n) is 3.01. The lowest BCUT2D eigenvalue weighted by Crippen LogP contribution is -2.21. The minimum Gasteiger partial charge on any atom is -0.382 e. The van der Waals surface area contributed by atoms with Crippen molar-refractivity contribution in [2.45, 2.75) is 32.1 Å². The van der Waals surface area contributed by atoms with Gasteiger partial charge in [-0.15, -0.1) is 0 Å². The van der Waals surface area contributed by atoms with E-state index in [2.05, 4.69) is 27.4 Å². The standard InChI is InChI=1S/C19H23N3O2/c1-2-24-10-6-9-20-19-21-13-16-17(22-19)11-15(12-18(16)23)14-7-4-3-5-8-14/h3-5,7-8,13,15H,2,6,9-12H2,1H3,(H,20,21,22)/t15-/m0/s1. The molecule has 0 unspecified atom stereocenters. The minimum absolute atomic E-state index is 0.132. The summed E-state index contributed by atoms with van der Waals surface area (Å²) in [6.07, 6.45) is 3.87. The van der Waals surface area contributed by atoms with Crippen molar-refractivity contribution < 1.29 is 9.53 Å². The van der Waals surface area contributed by atoms with Crippen molar-refractivity contribution in [3.8, 4) is 0 Å². The third-order valence-corrected chi connectivity index (χ3v) is 4.26. The highest BCUT2D eigenvalue weighted by Crippen LogP contribution is 2.31. The van der Waals surface area contributed by atoms with Crippen molar-refractivity contribution in [3.05, 3.63) is 53.3 Å². The molecule has 0 spiro atoms. The molecule has 24 heavy (non-hydrogen) atoms. The number of benzene rings is 1. The van der Waals surface area contributed by atoms with Gasteiger partial charge in [-0.05, 0) is 31.2 Å². The van der Waals surface area contributed by atoms with Crippen molar-refractivity contribution in [2.24, 2.45) is 0 Å². The first-order chi connectivity index (χ1) is 11.8. The molecule has 3 rings (SSSR count). The minimum atomic E-state index is 0.132. The average Bonchev–Trinajstić information content (AvgIpc) is 2.62. The van der Waals surface area contributed by atoms with E-state index in [9.17, 15) is 4.79 Å². The lowest BCUT2D eigenvalue weighted by atomic mass is 9.82. The zero-order valence-electron chi connectivity index (χ0n) is 14.0. The molecule has 126 valence electrons. The molecule has 0 saturated carbocycles. The van der Waals surface area contributed by atoms with Gasteiger partial charge in [0.05, 0.1) is 11.3 Å². The molecule has 1 aliphatic carbocycles. The van der Waals surface area contributed by atoms with Crippen LogP contribution in [0.1, 0.15) is 47.3 Å². The van der Waals surface area contributed by atoms with Crippen LogP contribution in [-0.4, -0.2) is 35.5 Å². The Hall–Kier alpha value is -2.27. The van der Waals surface area contributed by atoms with Crippen molar-refractivity contribution in [2.75, 3.05) is 25.1 Å². The Balaban J connectivity index is 1.68. The van der Waals surface area contributed by atoms with E-state index in [1.165, 1.54) is 5.56 Å². The number of nitrogens with one attached hydrogen (secondary N) is 1. The van der Waals surface area contributed by atoms with Gasteiger partial charge in [0.2, 0.25) is 5.95 Å². The molecule has 1 N–H and O–H groups in total. The fraction of sp³-hybridized carbons (Fsp3) is 0.421. The maximum absolute atomic E-state index is 12.4. The Morgan fingerprint density at radius 3 is 2.88 bits per heavy atom. The first-order valence-electron chi connectivity index (χ1n) is 8.53. The zero-order valence-corrected chi connectivity index (χ0v) is 14.0. The van der Waals surface area contributed by atoms with E-state index in [-0.39, 0.29) is 11.7 Å². The summed E-state index contributed by atoms with van der Waals surface area (Å²) in [7, 11) is 0. The number of anilines is 1. The van der Waals surface area contributed by atoms with Crippen molar-refractivity contribution in [1.82, 2.24) is 9.97 Å².